The summed E-state index contributed by atoms with van der Waals surface area (Å²) >= 11 is 0. The smallest absolute Gasteiger partial charge is 0.251 e. The molecule has 1 aromatic rings. The van der Waals surface area contributed by atoms with Crippen molar-refractivity contribution in [2.45, 2.75) is 68.8 Å². The third-order valence-corrected chi connectivity index (χ3v) is 6.72. The van der Waals surface area contributed by atoms with Gasteiger partial charge < -0.3 is 11.1 Å². The van der Waals surface area contributed by atoms with Crippen LogP contribution in [0.15, 0.2) is 29.2 Å². The van der Waals surface area contributed by atoms with Crippen LogP contribution >= 0.6 is 12.4 Å². The van der Waals surface area contributed by atoms with Crippen molar-refractivity contribution < 1.29 is 13.2 Å². The topological polar surface area (TPSA) is 101 Å². The van der Waals surface area contributed by atoms with Gasteiger partial charge in [-0.05, 0) is 43.9 Å². The predicted molar refractivity (Wildman–Crippen MR) is 106 cm³/mol. The molecule has 1 saturated carbocycles. The van der Waals surface area contributed by atoms with Gasteiger partial charge in [0.1, 0.15) is 0 Å². The normalized spacial score (nSPS) is 15.5. The molecule has 6 nitrogen and oxygen atoms in total. The van der Waals surface area contributed by atoms with Gasteiger partial charge in [0.2, 0.25) is 10.0 Å². The van der Waals surface area contributed by atoms with Gasteiger partial charge in [-0.25, -0.2) is 13.1 Å². The van der Waals surface area contributed by atoms with E-state index < -0.39 is 15.6 Å². The second-order valence-corrected chi connectivity index (χ2v) is 8.49. The summed E-state index contributed by atoms with van der Waals surface area (Å²) in [6.45, 7) is 4.29. The molecule has 1 fully saturated rings. The van der Waals surface area contributed by atoms with Crippen molar-refractivity contribution in [3.05, 3.63) is 29.8 Å². The largest absolute Gasteiger partial charge is 0.345 e. The van der Waals surface area contributed by atoms with Crippen LogP contribution in [-0.4, -0.2) is 32.5 Å². The first-order valence-electron chi connectivity index (χ1n) is 9.01. The van der Waals surface area contributed by atoms with Crippen molar-refractivity contribution in [3.8, 4) is 0 Å². The Kier molecular flexibility index (Phi) is 8.53. The molecule has 0 aromatic heterocycles. The van der Waals surface area contributed by atoms with Gasteiger partial charge in [0.15, 0.2) is 0 Å². The van der Waals surface area contributed by atoms with Crippen LogP contribution in [0, 0.1) is 0 Å². The molecule has 1 amide bonds. The molecule has 0 aliphatic heterocycles. The van der Waals surface area contributed by atoms with Gasteiger partial charge in [0.25, 0.3) is 5.91 Å². The Morgan fingerprint density at radius 1 is 1.23 bits per heavy atom. The van der Waals surface area contributed by atoms with E-state index in [1.54, 1.807) is 12.1 Å². The molecule has 0 heterocycles. The summed E-state index contributed by atoms with van der Waals surface area (Å²) in [4.78, 5) is 12.7. The van der Waals surface area contributed by atoms with E-state index >= 15 is 0 Å². The molecular weight excluding hydrogens is 374 g/mol. The van der Waals surface area contributed by atoms with Gasteiger partial charge in [-0.2, -0.15) is 0 Å². The molecule has 1 aliphatic carbocycles. The lowest BCUT2D eigenvalue weighted by Gasteiger charge is -2.31. The van der Waals surface area contributed by atoms with Crippen molar-refractivity contribution >= 4 is 28.3 Å². The summed E-state index contributed by atoms with van der Waals surface area (Å²) in [6.07, 6.45) is 5.26. The second kappa shape index (κ2) is 9.69. The Morgan fingerprint density at radius 3 is 2.38 bits per heavy atom. The zero-order valence-electron chi connectivity index (χ0n) is 15.5. The molecule has 1 aliphatic rings. The molecule has 0 atom stereocenters. The van der Waals surface area contributed by atoms with Gasteiger partial charge in [0.05, 0.1) is 10.4 Å². The van der Waals surface area contributed by atoms with Gasteiger partial charge >= 0.3 is 0 Å². The molecule has 1 aromatic carbocycles. The van der Waals surface area contributed by atoms with Crippen molar-refractivity contribution in [2.24, 2.45) is 5.73 Å². The van der Waals surface area contributed by atoms with Gasteiger partial charge in [-0.3, -0.25) is 4.79 Å². The number of halogens is 1. The van der Waals surface area contributed by atoms with E-state index in [0.717, 1.165) is 25.7 Å². The zero-order valence-corrected chi connectivity index (χ0v) is 17.1. The molecule has 8 heteroatoms. The molecular formula is C18H30ClN3O3S. The first kappa shape index (κ1) is 22.9. The maximum absolute atomic E-state index is 12.6. The quantitative estimate of drug-likeness (QED) is 0.620. The highest BCUT2D eigenvalue weighted by Gasteiger charge is 2.28. The molecule has 0 bridgehead atoms. The molecule has 0 radical (unpaired) electrons. The van der Waals surface area contributed by atoms with Crippen LogP contribution in [-0.2, 0) is 10.0 Å². The molecule has 0 spiro atoms. The van der Waals surface area contributed by atoms with Crippen LogP contribution in [0.4, 0.5) is 0 Å². The maximum Gasteiger partial charge on any atom is 0.251 e. The number of benzene rings is 1. The molecule has 2 rings (SSSR count). The Morgan fingerprint density at radius 2 is 1.85 bits per heavy atom. The fraction of sp³-hybridized carbons (Fsp3) is 0.611. The lowest BCUT2D eigenvalue weighted by Crippen LogP contribution is -2.52. The fourth-order valence-electron chi connectivity index (χ4n) is 3.22. The number of nitrogens with two attached hydrogens (primary N) is 1. The summed E-state index contributed by atoms with van der Waals surface area (Å²) in [6, 6.07) is 6.16. The van der Waals surface area contributed by atoms with Crippen molar-refractivity contribution in [1.82, 2.24) is 10.0 Å². The van der Waals surface area contributed by atoms with E-state index in [-0.39, 0.29) is 29.3 Å². The Bertz CT molecular complexity index is 691. The number of carbonyl (C=O) groups is 1. The highest BCUT2D eigenvalue weighted by Crippen LogP contribution is 2.21. The minimum Gasteiger partial charge on any atom is -0.345 e. The lowest BCUT2D eigenvalue weighted by molar-refractivity contribution is 0.0895. The Labute approximate surface area is 162 Å². The van der Waals surface area contributed by atoms with E-state index in [9.17, 15) is 13.2 Å². The lowest BCUT2D eigenvalue weighted by atomic mass is 9.92. The zero-order chi connectivity index (χ0) is 18.5. The number of carbonyl (C=O) groups excluding carboxylic acids is 1. The maximum atomic E-state index is 12.6. The van der Waals surface area contributed by atoms with E-state index in [4.69, 9.17) is 5.73 Å². The minimum atomic E-state index is -3.61. The van der Waals surface area contributed by atoms with Crippen molar-refractivity contribution in [2.75, 3.05) is 6.54 Å². The summed E-state index contributed by atoms with van der Waals surface area (Å²) in [5.74, 6) is -0.299. The van der Waals surface area contributed by atoms with E-state index in [1.807, 2.05) is 13.8 Å². The van der Waals surface area contributed by atoms with Gasteiger partial charge in [-0.1, -0.05) is 32.8 Å². The molecule has 4 N–H and O–H groups in total. The summed E-state index contributed by atoms with van der Waals surface area (Å²) in [5, 5.41) is 2.97. The summed E-state index contributed by atoms with van der Waals surface area (Å²) < 4.78 is 27.8. The van der Waals surface area contributed by atoms with Crippen LogP contribution < -0.4 is 15.8 Å². The number of amides is 1. The minimum absolute atomic E-state index is 0. The molecule has 148 valence electrons. The molecule has 26 heavy (non-hydrogen) atoms. The number of nitrogens with one attached hydrogen (secondary N) is 2. The monoisotopic (exact) mass is 403 g/mol. The summed E-state index contributed by atoms with van der Waals surface area (Å²) in [5.41, 5.74) is 5.69. The first-order chi connectivity index (χ1) is 11.9. The first-order valence-corrected chi connectivity index (χ1v) is 10.5. The van der Waals surface area contributed by atoms with Crippen molar-refractivity contribution in [1.29, 1.82) is 0 Å². The third kappa shape index (κ3) is 5.42. The highest BCUT2D eigenvalue weighted by molar-refractivity contribution is 7.89. The van der Waals surface area contributed by atoms with Crippen molar-refractivity contribution in [3.63, 3.8) is 0 Å². The van der Waals surface area contributed by atoms with Gasteiger partial charge in [-0.15, -0.1) is 12.4 Å². The van der Waals surface area contributed by atoms with Crippen LogP contribution in [0.1, 0.15) is 62.7 Å². The number of hydrogen-bond donors (Lipinski definition) is 3. The Hall–Kier alpha value is -1.15. The SMILES string of the molecule is CCC(CC)(CN)NC(=O)c1cccc(S(=O)(=O)NC2CCCC2)c1.Cl. The second-order valence-electron chi connectivity index (χ2n) is 6.78. The molecule has 0 saturated heterocycles. The molecule has 0 unspecified atom stereocenters. The fourth-order valence-corrected chi connectivity index (χ4v) is 4.57. The van der Waals surface area contributed by atoms with Crippen LogP contribution in [0.25, 0.3) is 0 Å². The van der Waals surface area contributed by atoms with Crippen LogP contribution in [0.5, 0.6) is 0 Å². The number of rotatable bonds is 8. The van der Waals surface area contributed by atoms with E-state index in [0.29, 0.717) is 24.9 Å². The van der Waals surface area contributed by atoms with Gasteiger partial charge in [0, 0.05) is 18.2 Å². The average Bonchev–Trinajstić information content (AvgIpc) is 3.12. The standard InChI is InChI=1S/C18H29N3O3S.ClH/c1-3-18(4-2,13-19)20-17(22)14-8-7-11-16(12-14)25(23,24)21-15-9-5-6-10-15;/h7-8,11-12,15,21H,3-6,9-10,13,19H2,1-2H3,(H,20,22);1H. The Balaban J connectivity index is 0.00000338. The van der Waals surface area contributed by atoms with Crippen LogP contribution in [0.3, 0.4) is 0 Å². The van der Waals surface area contributed by atoms with Crippen LogP contribution in [0.2, 0.25) is 0 Å². The number of hydrogen-bond acceptors (Lipinski definition) is 4. The average molecular weight is 404 g/mol. The summed E-state index contributed by atoms with van der Waals surface area (Å²) in [7, 11) is -3.61. The highest BCUT2D eigenvalue weighted by atomic mass is 35.5. The predicted octanol–water partition coefficient (Wildman–Crippen LogP) is 2.58. The third-order valence-electron chi connectivity index (χ3n) is 5.21. The van der Waals surface area contributed by atoms with E-state index in [2.05, 4.69) is 10.0 Å². The van der Waals surface area contributed by atoms with E-state index in [1.165, 1.54) is 12.1 Å². The number of sulfonamides is 1.